The van der Waals surface area contributed by atoms with Crippen LogP contribution >= 0.6 is 11.8 Å². The van der Waals surface area contributed by atoms with E-state index in [2.05, 4.69) is 15.5 Å². The summed E-state index contributed by atoms with van der Waals surface area (Å²) in [6.45, 7) is 5.65. The molecule has 134 valence electrons. The number of aryl methyl sites for hydroxylation is 2. The lowest BCUT2D eigenvalue weighted by atomic mass is 10.1. The average Bonchev–Trinajstić information content (AvgIpc) is 3.06. The zero-order chi connectivity index (χ0) is 18.7. The third-order valence-electron chi connectivity index (χ3n) is 3.81. The number of nitrogens with zero attached hydrogens (tertiary/aromatic N) is 2. The minimum absolute atomic E-state index is 0.0905. The van der Waals surface area contributed by atoms with Gasteiger partial charge in [0.25, 0.3) is 11.1 Å². The van der Waals surface area contributed by atoms with Crippen molar-refractivity contribution in [1.82, 2.24) is 10.2 Å². The summed E-state index contributed by atoms with van der Waals surface area (Å²) >= 11 is 1.13. The lowest BCUT2D eigenvalue weighted by Gasteiger charge is -2.12. The molecule has 0 spiro atoms. The van der Waals surface area contributed by atoms with Crippen molar-refractivity contribution < 1.29 is 13.6 Å². The first-order valence-electron chi connectivity index (χ1n) is 8.07. The fourth-order valence-electron chi connectivity index (χ4n) is 2.31. The standard InChI is InChI=1S/C19H18FN3O2S/c1-11-8-9-12(2)16(10-11)21-17(24)13(3)26-19-23-22-18(25-19)14-6-4-5-7-15(14)20/h4-10,13H,1-3H3,(H,21,24)/t13-/m0/s1. The molecule has 1 heterocycles. The summed E-state index contributed by atoms with van der Waals surface area (Å²) in [5, 5.41) is 10.4. The van der Waals surface area contributed by atoms with Gasteiger partial charge >= 0.3 is 0 Å². The number of carbonyl (C=O) groups excluding carboxylic acids is 1. The molecule has 1 atom stereocenters. The summed E-state index contributed by atoms with van der Waals surface area (Å²) in [5.74, 6) is -0.518. The molecular formula is C19H18FN3O2S. The zero-order valence-corrected chi connectivity index (χ0v) is 15.4. The van der Waals surface area contributed by atoms with E-state index in [9.17, 15) is 9.18 Å². The lowest BCUT2D eigenvalue weighted by Crippen LogP contribution is -2.22. The third-order valence-corrected chi connectivity index (χ3v) is 4.74. The molecule has 0 aliphatic rings. The van der Waals surface area contributed by atoms with E-state index < -0.39 is 11.1 Å². The molecule has 0 saturated carbocycles. The molecule has 1 N–H and O–H groups in total. The minimum atomic E-state index is -0.455. The summed E-state index contributed by atoms with van der Waals surface area (Å²) in [6.07, 6.45) is 0. The molecule has 5 nitrogen and oxygen atoms in total. The van der Waals surface area contributed by atoms with E-state index in [4.69, 9.17) is 4.42 Å². The van der Waals surface area contributed by atoms with E-state index in [1.165, 1.54) is 6.07 Å². The van der Waals surface area contributed by atoms with E-state index in [1.807, 2.05) is 32.0 Å². The Morgan fingerprint density at radius 3 is 2.73 bits per heavy atom. The highest BCUT2D eigenvalue weighted by Gasteiger charge is 2.20. The zero-order valence-electron chi connectivity index (χ0n) is 14.6. The maximum Gasteiger partial charge on any atom is 0.277 e. The Hall–Kier alpha value is -2.67. The monoisotopic (exact) mass is 371 g/mol. The average molecular weight is 371 g/mol. The number of benzene rings is 2. The van der Waals surface area contributed by atoms with Crippen molar-refractivity contribution in [3.8, 4) is 11.5 Å². The highest BCUT2D eigenvalue weighted by atomic mass is 32.2. The van der Waals surface area contributed by atoms with Gasteiger partial charge in [-0.05, 0) is 50.1 Å². The van der Waals surface area contributed by atoms with Crippen molar-refractivity contribution in [2.75, 3.05) is 5.32 Å². The van der Waals surface area contributed by atoms with Crippen LogP contribution in [0.3, 0.4) is 0 Å². The van der Waals surface area contributed by atoms with Gasteiger partial charge in [-0.15, -0.1) is 10.2 Å². The largest absolute Gasteiger partial charge is 0.411 e. The van der Waals surface area contributed by atoms with Gasteiger partial charge in [0.1, 0.15) is 5.82 Å². The first-order valence-corrected chi connectivity index (χ1v) is 8.95. The molecule has 0 radical (unpaired) electrons. The topological polar surface area (TPSA) is 68.0 Å². The SMILES string of the molecule is Cc1ccc(C)c(NC(=O)[C@H](C)Sc2nnc(-c3ccccc3F)o2)c1. The fourth-order valence-corrected chi connectivity index (χ4v) is 2.99. The van der Waals surface area contributed by atoms with Gasteiger partial charge in [-0.3, -0.25) is 4.79 Å². The normalized spacial score (nSPS) is 12.0. The number of amides is 1. The summed E-state index contributed by atoms with van der Waals surface area (Å²) in [6, 6.07) is 12.0. The Labute approximate surface area is 155 Å². The Morgan fingerprint density at radius 1 is 1.19 bits per heavy atom. The van der Waals surface area contributed by atoms with Crippen LogP contribution in [0.1, 0.15) is 18.1 Å². The number of hydrogen-bond donors (Lipinski definition) is 1. The van der Waals surface area contributed by atoms with Gasteiger partial charge in [0, 0.05) is 5.69 Å². The van der Waals surface area contributed by atoms with Crippen LogP contribution in [0, 0.1) is 19.7 Å². The van der Waals surface area contributed by atoms with E-state index in [1.54, 1.807) is 25.1 Å². The predicted molar refractivity (Wildman–Crippen MR) is 99.6 cm³/mol. The van der Waals surface area contributed by atoms with Crippen LogP contribution in [-0.4, -0.2) is 21.4 Å². The van der Waals surface area contributed by atoms with Crippen molar-refractivity contribution in [2.24, 2.45) is 0 Å². The fraction of sp³-hybridized carbons (Fsp3) is 0.211. The van der Waals surface area contributed by atoms with E-state index >= 15 is 0 Å². The van der Waals surface area contributed by atoms with Crippen molar-refractivity contribution in [3.63, 3.8) is 0 Å². The molecule has 0 bridgehead atoms. The van der Waals surface area contributed by atoms with Crippen LogP contribution < -0.4 is 5.32 Å². The minimum Gasteiger partial charge on any atom is -0.411 e. The molecule has 1 amide bonds. The van der Waals surface area contributed by atoms with Crippen LogP contribution in [0.4, 0.5) is 10.1 Å². The first-order chi connectivity index (χ1) is 12.4. The molecule has 3 rings (SSSR count). The van der Waals surface area contributed by atoms with Crippen LogP contribution in [0.2, 0.25) is 0 Å². The van der Waals surface area contributed by atoms with Gasteiger partial charge in [-0.25, -0.2) is 4.39 Å². The van der Waals surface area contributed by atoms with Crippen molar-refractivity contribution >= 4 is 23.4 Å². The summed E-state index contributed by atoms with van der Waals surface area (Å²) in [7, 11) is 0. The van der Waals surface area contributed by atoms with E-state index in [-0.39, 0.29) is 22.6 Å². The van der Waals surface area contributed by atoms with E-state index in [0.29, 0.717) is 0 Å². The van der Waals surface area contributed by atoms with Gasteiger partial charge in [0.2, 0.25) is 5.91 Å². The Bertz CT molecular complexity index is 942. The molecule has 0 unspecified atom stereocenters. The second-order valence-corrected chi connectivity index (χ2v) is 7.21. The molecule has 2 aromatic carbocycles. The number of aromatic nitrogens is 2. The molecule has 0 aliphatic carbocycles. The quantitative estimate of drug-likeness (QED) is 0.663. The number of carbonyl (C=O) groups is 1. The number of hydrogen-bond acceptors (Lipinski definition) is 5. The highest BCUT2D eigenvalue weighted by molar-refractivity contribution is 8.00. The molecule has 1 aromatic heterocycles. The number of halogens is 1. The van der Waals surface area contributed by atoms with Crippen LogP contribution in [-0.2, 0) is 4.79 Å². The number of rotatable bonds is 5. The van der Waals surface area contributed by atoms with Crippen molar-refractivity contribution in [2.45, 2.75) is 31.2 Å². The number of thioether (sulfide) groups is 1. The molecular weight excluding hydrogens is 353 g/mol. The van der Waals surface area contributed by atoms with Crippen molar-refractivity contribution in [1.29, 1.82) is 0 Å². The molecule has 7 heteroatoms. The molecule has 26 heavy (non-hydrogen) atoms. The first kappa shape index (κ1) is 18.1. The molecule has 3 aromatic rings. The van der Waals surface area contributed by atoms with Crippen molar-refractivity contribution in [3.05, 3.63) is 59.4 Å². The van der Waals surface area contributed by atoms with Crippen LogP contribution in [0.25, 0.3) is 11.5 Å². The second kappa shape index (κ2) is 7.70. The van der Waals surface area contributed by atoms with Gasteiger partial charge in [0.05, 0.1) is 10.8 Å². The predicted octanol–water partition coefficient (Wildman–Crippen LogP) is 4.61. The number of anilines is 1. The van der Waals surface area contributed by atoms with Crippen LogP contribution in [0.15, 0.2) is 52.1 Å². The van der Waals surface area contributed by atoms with E-state index in [0.717, 1.165) is 28.6 Å². The molecule has 0 aliphatic heterocycles. The van der Waals surface area contributed by atoms with Gasteiger partial charge < -0.3 is 9.73 Å². The van der Waals surface area contributed by atoms with Gasteiger partial charge in [0.15, 0.2) is 0 Å². The Kier molecular flexibility index (Phi) is 5.37. The maximum atomic E-state index is 13.8. The third kappa shape index (κ3) is 4.11. The molecule has 0 fully saturated rings. The molecule has 0 saturated heterocycles. The van der Waals surface area contributed by atoms with Gasteiger partial charge in [-0.1, -0.05) is 36.0 Å². The number of nitrogens with one attached hydrogen (secondary N) is 1. The second-order valence-electron chi connectivity index (χ2n) is 5.92. The lowest BCUT2D eigenvalue weighted by molar-refractivity contribution is -0.115. The summed E-state index contributed by atoms with van der Waals surface area (Å²) in [4.78, 5) is 12.4. The Balaban J connectivity index is 1.68. The smallest absolute Gasteiger partial charge is 0.277 e. The van der Waals surface area contributed by atoms with Crippen LogP contribution in [0.5, 0.6) is 0 Å². The van der Waals surface area contributed by atoms with Gasteiger partial charge in [-0.2, -0.15) is 0 Å². The summed E-state index contributed by atoms with van der Waals surface area (Å²) in [5.41, 5.74) is 3.07. The summed E-state index contributed by atoms with van der Waals surface area (Å²) < 4.78 is 19.3. The highest BCUT2D eigenvalue weighted by Crippen LogP contribution is 2.28. The maximum absolute atomic E-state index is 13.8. The Morgan fingerprint density at radius 2 is 1.96 bits per heavy atom.